The van der Waals surface area contributed by atoms with Crippen molar-refractivity contribution in [1.29, 1.82) is 0 Å². The number of halogens is 1. The summed E-state index contributed by atoms with van der Waals surface area (Å²) in [7, 11) is 0. The molecule has 1 aliphatic heterocycles. The number of hydrogen-bond acceptors (Lipinski definition) is 2. The van der Waals surface area contributed by atoms with Crippen molar-refractivity contribution in [3.8, 4) is 0 Å². The SMILES string of the molecule is CCCCCC[C@H](C)NC(=O)[C@@H]1CC(=O)N(c2ccc(Cl)cc2)C1. The summed E-state index contributed by atoms with van der Waals surface area (Å²) in [6, 6.07) is 7.31. The molecule has 5 heteroatoms. The number of carbonyl (C=O) groups is 2. The lowest BCUT2D eigenvalue weighted by atomic mass is 10.1. The second-order valence-corrected chi connectivity index (χ2v) is 7.08. The van der Waals surface area contributed by atoms with Crippen molar-refractivity contribution in [2.75, 3.05) is 11.4 Å². The molecular weight excluding hydrogens is 324 g/mol. The first-order valence-corrected chi connectivity index (χ1v) is 9.25. The number of anilines is 1. The van der Waals surface area contributed by atoms with Gasteiger partial charge >= 0.3 is 0 Å². The fraction of sp³-hybridized carbons (Fsp3) is 0.579. The summed E-state index contributed by atoms with van der Waals surface area (Å²) >= 11 is 5.88. The minimum atomic E-state index is -0.272. The van der Waals surface area contributed by atoms with E-state index < -0.39 is 0 Å². The van der Waals surface area contributed by atoms with Gasteiger partial charge in [0.25, 0.3) is 0 Å². The van der Waals surface area contributed by atoms with Crippen molar-refractivity contribution >= 4 is 29.1 Å². The van der Waals surface area contributed by atoms with Gasteiger partial charge in [0.1, 0.15) is 0 Å². The highest BCUT2D eigenvalue weighted by atomic mass is 35.5. The zero-order valence-electron chi connectivity index (χ0n) is 14.6. The Bertz CT molecular complexity index is 559. The van der Waals surface area contributed by atoms with E-state index in [9.17, 15) is 9.59 Å². The Labute approximate surface area is 149 Å². The summed E-state index contributed by atoms with van der Waals surface area (Å²) in [5.41, 5.74) is 0.798. The molecule has 1 heterocycles. The minimum absolute atomic E-state index is 0.00642. The third-order valence-corrected chi connectivity index (χ3v) is 4.77. The van der Waals surface area contributed by atoms with Crippen molar-refractivity contribution in [1.82, 2.24) is 5.32 Å². The zero-order valence-corrected chi connectivity index (χ0v) is 15.3. The average Bonchev–Trinajstić information content (AvgIpc) is 2.94. The fourth-order valence-electron chi connectivity index (χ4n) is 3.06. The molecule has 1 fully saturated rings. The van der Waals surface area contributed by atoms with E-state index in [4.69, 9.17) is 11.6 Å². The van der Waals surface area contributed by atoms with Crippen molar-refractivity contribution < 1.29 is 9.59 Å². The molecular formula is C19H27ClN2O2. The Morgan fingerprint density at radius 1 is 1.29 bits per heavy atom. The predicted molar refractivity (Wildman–Crippen MR) is 98.3 cm³/mol. The number of hydrogen-bond donors (Lipinski definition) is 1. The summed E-state index contributed by atoms with van der Waals surface area (Å²) in [5, 5.41) is 3.70. The van der Waals surface area contributed by atoms with Gasteiger partial charge in [0, 0.05) is 29.7 Å². The van der Waals surface area contributed by atoms with Crippen molar-refractivity contribution in [3.63, 3.8) is 0 Å². The Hall–Kier alpha value is -1.55. The third-order valence-electron chi connectivity index (χ3n) is 4.51. The number of amides is 2. The molecule has 1 saturated heterocycles. The van der Waals surface area contributed by atoms with E-state index in [1.165, 1.54) is 19.3 Å². The van der Waals surface area contributed by atoms with Crippen LogP contribution in [0.15, 0.2) is 24.3 Å². The van der Waals surface area contributed by atoms with Gasteiger partial charge in [0.05, 0.1) is 5.92 Å². The van der Waals surface area contributed by atoms with Crippen molar-refractivity contribution in [2.45, 2.75) is 58.4 Å². The van der Waals surface area contributed by atoms with E-state index in [1.54, 1.807) is 17.0 Å². The average molecular weight is 351 g/mol. The zero-order chi connectivity index (χ0) is 17.5. The number of benzene rings is 1. The highest BCUT2D eigenvalue weighted by Crippen LogP contribution is 2.26. The maximum Gasteiger partial charge on any atom is 0.227 e. The van der Waals surface area contributed by atoms with Gasteiger partial charge in [-0.15, -0.1) is 0 Å². The highest BCUT2D eigenvalue weighted by Gasteiger charge is 2.35. The molecule has 2 amide bonds. The molecule has 0 radical (unpaired) electrons. The van der Waals surface area contributed by atoms with E-state index in [0.717, 1.165) is 18.5 Å². The largest absolute Gasteiger partial charge is 0.353 e. The van der Waals surface area contributed by atoms with Crippen molar-refractivity contribution in [2.24, 2.45) is 5.92 Å². The molecule has 0 aliphatic carbocycles. The lowest BCUT2D eigenvalue weighted by molar-refractivity contribution is -0.126. The van der Waals surface area contributed by atoms with E-state index >= 15 is 0 Å². The molecule has 0 bridgehead atoms. The molecule has 24 heavy (non-hydrogen) atoms. The van der Waals surface area contributed by atoms with E-state index in [2.05, 4.69) is 12.2 Å². The topological polar surface area (TPSA) is 49.4 Å². The number of unbranched alkanes of at least 4 members (excludes halogenated alkanes) is 3. The molecule has 1 aliphatic rings. The number of nitrogens with one attached hydrogen (secondary N) is 1. The molecule has 1 aromatic rings. The Morgan fingerprint density at radius 2 is 2.00 bits per heavy atom. The van der Waals surface area contributed by atoms with Crippen LogP contribution in [0.25, 0.3) is 0 Å². The smallest absolute Gasteiger partial charge is 0.227 e. The second-order valence-electron chi connectivity index (χ2n) is 6.64. The van der Waals surface area contributed by atoms with Gasteiger partial charge in [0.15, 0.2) is 0 Å². The highest BCUT2D eigenvalue weighted by molar-refractivity contribution is 6.30. The van der Waals surface area contributed by atoms with Crippen LogP contribution in [-0.2, 0) is 9.59 Å². The minimum Gasteiger partial charge on any atom is -0.353 e. The van der Waals surface area contributed by atoms with Crippen LogP contribution in [0.1, 0.15) is 52.4 Å². The predicted octanol–water partition coefficient (Wildman–Crippen LogP) is 4.17. The third kappa shape index (κ3) is 5.23. The Balaban J connectivity index is 1.83. The van der Waals surface area contributed by atoms with Gasteiger partial charge in [-0.2, -0.15) is 0 Å². The summed E-state index contributed by atoms with van der Waals surface area (Å²) in [6.07, 6.45) is 6.07. The van der Waals surface area contributed by atoms with Crippen LogP contribution in [0, 0.1) is 5.92 Å². The normalized spacial score (nSPS) is 18.7. The lowest BCUT2D eigenvalue weighted by Gasteiger charge is -2.18. The summed E-state index contributed by atoms with van der Waals surface area (Å²) in [5.74, 6) is -0.290. The molecule has 2 atom stereocenters. The molecule has 0 spiro atoms. The quantitative estimate of drug-likeness (QED) is 0.715. The molecule has 2 rings (SSSR count). The van der Waals surface area contributed by atoms with Gasteiger partial charge in [-0.3, -0.25) is 9.59 Å². The van der Waals surface area contributed by atoms with E-state index in [-0.39, 0.29) is 30.2 Å². The standard InChI is InChI=1S/C19H27ClN2O2/c1-3-4-5-6-7-14(2)21-19(24)15-12-18(23)22(13-15)17-10-8-16(20)9-11-17/h8-11,14-15H,3-7,12-13H2,1-2H3,(H,21,24)/t14-,15+/m0/s1. The summed E-state index contributed by atoms with van der Waals surface area (Å²) in [6.45, 7) is 4.67. The number of nitrogens with zero attached hydrogens (tertiary/aromatic N) is 1. The lowest BCUT2D eigenvalue weighted by Crippen LogP contribution is -2.38. The van der Waals surface area contributed by atoms with E-state index in [1.807, 2.05) is 19.1 Å². The first-order chi connectivity index (χ1) is 11.5. The molecule has 0 unspecified atom stereocenters. The maximum atomic E-state index is 12.4. The Morgan fingerprint density at radius 3 is 2.67 bits per heavy atom. The van der Waals surface area contributed by atoms with Crippen LogP contribution in [0.5, 0.6) is 0 Å². The molecule has 0 saturated carbocycles. The monoisotopic (exact) mass is 350 g/mol. The fourth-order valence-corrected chi connectivity index (χ4v) is 3.19. The van der Waals surface area contributed by atoms with Crippen LogP contribution in [-0.4, -0.2) is 24.4 Å². The molecule has 0 aromatic heterocycles. The summed E-state index contributed by atoms with van der Waals surface area (Å²) < 4.78 is 0. The summed E-state index contributed by atoms with van der Waals surface area (Å²) in [4.78, 5) is 26.3. The molecule has 4 nitrogen and oxygen atoms in total. The van der Waals surface area contributed by atoms with Gasteiger partial charge in [-0.1, -0.05) is 44.2 Å². The molecule has 132 valence electrons. The van der Waals surface area contributed by atoms with Crippen molar-refractivity contribution in [3.05, 3.63) is 29.3 Å². The van der Waals surface area contributed by atoms with Crippen LogP contribution >= 0.6 is 11.6 Å². The Kier molecular flexibility index (Phi) is 7.10. The van der Waals surface area contributed by atoms with Gasteiger partial charge in [-0.05, 0) is 37.6 Å². The van der Waals surface area contributed by atoms with Gasteiger partial charge in [0.2, 0.25) is 11.8 Å². The number of rotatable bonds is 8. The van der Waals surface area contributed by atoms with Crippen LogP contribution in [0.4, 0.5) is 5.69 Å². The van der Waals surface area contributed by atoms with Gasteiger partial charge in [-0.25, -0.2) is 0 Å². The van der Waals surface area contributed by atoms with Crippen LogP contribution in [0.3, 0.4) is 0 Å². The first-order valence-electron chi connectivity index (χ1n) is 8.87. The second kappa shape index (κ2) is 9.07. The van der Waals surface area contributed by atoms with E-state index in [0.29, 0.717) is 11.6 Å². The van der Waals surface area contributed by atoms with Crippen LogP contribution in [0.2, 0.25) is 5.02 Å². The maximum absolute atomic E-state index is 12.4. The first kappa shape index (κ1) is 18.8. The van der Waals surface area contributed by atoms with Crippen LogP contribution < -0.4 is 10.2 Å². The van der Waals surface area contributed by atoms with Gasteiger partial charge < -0.3 is 10.2 Å². The molecule has 1 N–H and O–H groups in total. The molecule has 1 aromatic carbocycles. The number of carbonyl (C=O) groups excluding carboxylic acids is 2.